The molecule has 0 bridgehead atoms. The second-order valence-corrected chi connectivity index (χ2v) is 5.37. The number of carbonyl (C=O) groups is 1. The third kappa shape index (κ3) is 6.71. The van der Waals surface area contributed by atoms with Crippen molar-refractivity contribution in [3.8, 4) is 0 Å². The van der Waals surface area contributed by atoms with Gasteiger partial charge in [0.05, 0.1) is 0 Å². The van der Waals surface area contributed by atoms with Crippen LogP contribution < -0.4 is 10.6 Å². The van der Waals surface area contributed by atoms with E-state index in [0.29, 0.717) is 6.42 Å². The highest BCUT2D eigenvalue weighted by Crippen LogP contribution is 2.12. The van der Waals surface area contributed by atoms with Crippen molar-refractivity contribution in [3.05, 3.63) is 29.8 Å². The summed E-state index contributed by atoms with van der Waals surface area (Å²) >= 11 is 0. The average molecular weight is 276 g/mol. The SMILES string of the molecule is CCCCCc1ccc(NC(=O)CC(C)NCC)cc1. The number of hydrogen-bond acceptors (Lipinski definition) is 2. The van der Waals surface area contributed by atoms with Gasteiger partial charge in [-0.15, -0.1) is 0 Å². The first-order valence-corrected chi connectivity index (χ1v) is 7.77. The Hall–Kier alpha value is -1.35. The smallest absolute Gasteiger partial charge is 0.225 e. The fourth-order valence-electron chi connectivity index (χ4n) is 2.24. The summed E-state index contributed by atoms with van der Waals surface area (Å²) in [5.41, 5.74) is 2.23. The summed E-state index contributed by atoms with van der Waals surface area (Å²) in [5, 5.41) is 6.19. The molecular weight excluding hydrogens is 248 g/mol. The molecule has 1 aromatic rings. The summed E-state index contributed by atoms with van der Waals surface area (Å²) in [6, 6.07) is 8.43. The highest BCUT2D eigenvalue weighted by Gasteiger charge is 2.07. The van der Waals surface area contributed by atoms with Crippen LogP contribution in [0.5, 0.6) is 0 Å². The summed E-state index contributed by atoms with van der Waals surface area (Å²) in [5.74, 6) is 0.0668. The van der Waals surface area contributed by atoms with Crippen molar-refractivity contribution in [1.29, 1.82) is 0 Å². The maximum absolute atomic E-state index is 11.8. The van der Waals surface area contributed by atoms with E-state index in [1.807, 2.05) is 26.0 Å². The monoisotopic (exact) mass is 276 g/mol. The van der Waals surface area contributed by atoms with E-state index in [-0.39, 0.29) is 11.9 Å². The summed E-state index contributed by atoms with van der Waals surface area (Å²) in [6.07, 6.45) is 5.40. The Morgan fingerprint density at radius 3 is 2.45 bits per heavy atom. The Labute approximate surface area is 123 Å². The second-order valence-electron chi connectivity index (χ2n) is 5.37. The molecule has 0 spiro atoms. The van der Waals surface area contributed by atoms with Gasteiger partial charge in [-0.05, 0) is 44.0 Å². The molecule has 0 aliphatic heterocycles. The molecule has 0 aliphatic carbocycles. The van der Waals surface area contributed by atoms with Crippen LogP contribution in [0, 0.1) is 0 Å². The van der Waals surface area contributed by atoms with E-state index >= 15 is 0 Å². The Morgan fingerprint density at radius 1 is 1.15 bits per heavy atom. The van der Waals surface area contributed by atoms with Crippen LogP contribution in [0.2, 0.25) is 0 Å². The van der Waals surface area contributed by atoms with E-state index in [9.17, 15) is 4.79 Å². The summed E-state index contributed by atoms with van der Waals surface area (Å²) in [4.78, 5) is 11.8. The maximum atomic E-state index is 11.8. The number of unbranched alkanes of at least 4 members (excludes halogenated alkanes) is 2. The third-order valence-electron chi connectivity index (χ3n) is 3.35. The molecule has 112 valence electrons. The molecule has 3 nitrogen and oxygen atoms in total. The highest BCUT2D eigenvalue weighted by molar-refractivity contribution is 5.91. The molecule has 0 heterocycles. The fraction of sp³-hybridized carbons (Fsp3) is 0.588. The van der Waals surface area contributed by atoms with Gasteiger partial charge in [0.15, 0.2) is 0 Å². The fourth-order valence-corrected chi connectivity index (χ4v) is 2.24. The lowest BCUT2D eigenvalue weighted by Crippen LogP contribution is -2.30. The summed E-state index contributed by atoms with van der Waals surface area (Å²) in [6.45, 7) is 7.18. The molecule has 20 heavy (non-hydrogen) atoms. The first-order chi connectivity index (χ1) is 9.65. The summed E-state index contributed by atoms with van der Waals surface area (Å²) < 4.78 is 0. The number of nitrogens with one attached hydrogen (secondary N) is 2. The number of aryl methyl sites for hydroxylation is 1. The van der Waals surface area contributed by atoms with Gasteiger partial charge >= 0.3 is 0 Å². The van der Waals surface area contributed by atoms with Gasteiger partial charge in [-0.25, -0.2) is 0 Å². The molecule has 0 aliphatic rings. The predicted octanol–water partition coefficient (Wildman–Crippen LogP) is 3.75. The minimum atomic E-state index is 0.0668. The Morgan fingerprint density at radius 2 is 1.85 bits per heavy atom. The van der Waals surface area contributed by atoms with Gasteiger partial charge in [-0.3, -0.25) is 4.79 Å². The lowest BCUT2D eigenvalue weighted by molar-refractivity contribution is -0.116. The minimum Gasteiger partial charge on any atom is -0.326 e. The third-order valence-corrected chi connectivity index (χ3v) is 3.35. The van der Waals surface area contributed by atoms with Crippen molar-refractivity contribution in [2.45, 2.75) is 58.9 Å². The zero-order chi connectivity index (χ0) is 14.8. The lowest BCUT2D eigenvalue weighted by Gasteiger charge is -2.12. The van der Waals surface area contributed by atoms with Crippen LogP contribution in [0.3, 0.4) is 0 Å². The standard InChI is InChI=1S/C17H28N2O/c1-4-6-7-8-15-9-11-16(12-10-15)19-17(20)13-14(3)18-5-2/h9-12,14,18H,4-8,13H2,1-3H3,(H,19,20). The van der Waals surface area contributed by atoms with Crippen LogP contribution in [0.4, 0.5) is 5.69 Å². The van der Waals surface area contributed by atoms with Crippen LogP contribution in [0.15, 0.2) is 24.3 Å². The van der Waals surface area contributed by atoms with Gasteiger partial charge in [0.1, 0.15) is 0 Å². The second kappa shape index (κ2) is 9.54. The molecule has 1 atom stereocenters. The first-order valence-electron chi connectivity index (χ1n) is 7.77. The van der Waals surface area contributed by atoms with Crippen molar-refractivity contribution in [2.75, 3.05) is 11.9 Å². The quantitative estimate of drug-likeness (QED) is 0.674. The van der Waals surface area contributed by atoms with Gasteiger partial charge in [0.25, 0.3) is 0 Å². The minimum absolute atomic E-state index is 0.0668. The van der Waals surface area contributed by atoms with E-state index in [4.69, 9.17) is 0 Å². The van der Waals surface area contributed by atoms with Crippen LogP contribution in [-0.2, 0) is 11.2 Å². The number of anilines is 1. The largest absolute Gasteiger partial charge is 0.326 e. The molecule has 1 unspecified atom stereocenters. The normalized spacial score (nSPS) is 12.2. The Balaban J connectivity index is 2.38. The number of benzene rings is 1. The molecule has 2 N–H and O–H groups in total. The highest BCUT2D eigenvalue weighted by atomic mass is 16.1. The van der Waals surface area contributed by atoms with Gasteiger partial charge in [0.2, 0.25) is 5.91 Å². The van der Waals surface area contributed by atoms with Gasteiger partial charge in [-0.1, -0.05) is 38.8 Å². The molecule has 3 heteroatoms. The molecule has 1 rings (SSSR count). The lowest BCUT2D eigenvalue weighted by atomic mass is 10.1. The predicted molar refractivity (Wildman–Crippen MR) is 86.1 cm³/mol. The van der Waals surface area contributed by atoms with Crippen LogP contribution >= 0.6 is 0 Å². The molecule has 0 radical (unpaired) electrons. The van der Waals surface area contributed by atoms with Crippen molar-refractivity contribution < 1.29 is 4.79 Å². The topological polar surface area (TPSA) is 41.1 Å². The molecular formula is C17H28N2O. The number of hydrogen-bond donors (Lipinski definition) is 2. The van der Waals surface area contributed by atoms with E-state index in [1.54, 1.807) is 0 Å². The maximum Gasteiger partial charge on any atom is 0.225 e. The van der Waals surface area contributed by atoms with Crippen molar-refractivity contribution >= 4 is 11.6 Å². The molecule has 1 amide bonds. The van der Waals surface area contributed by atoms with Crippen LogP contribution in [-0.4, -0.2) is 18.5 Å². The molecule has 0 aromatic heterocycles. The Kier molecular flexibility index (Phi) is 7.97. The van der Waals surface area contributed by atoms with Gasteiger partial charge < -0.3 is 10.6 Å². The Bertz CT molecular complexity index is 386. The molecule has 1 aromatic carbocycles. The average Bonchev–Trinajstić information content (AvgIpc) is 2.41. The van der Waals surface area contributed by atoms with E-state index in [0.717, 1.165) is 18.7 Å². The van der Waals surface area contributed by atoms with E-state index in [1.165, 1.54) is 24.8 Å². The van der Waals surface area contributed by atoms with Gasteiger partial charge in [0, 0.05) is 18.2 Å². The van der Waals surface area contributed by atoms with Crippen molar-refractivity contribution in [1.82, 2.24) is 5.32 Å². The number of rotatable bonds is 9. The zero-order valence-electron chi connectivity index (χ0n) is 13.0. The zero-order valence-corrected chi connectivity index (χ0v) is 13.0. The van der Waals surface area contributed by atoms with Gasteiger partial charge in [-0.2, -0.15) is 0 Å². The van der Waals surface area contributed by atoms with Crippen LogP contribution in [0.25, 0.3) is 0 Å². The summed E-state index contributed by atoms with van der Waals surface area (Å²) in [7, 11) is 0. The van der Waals surface area contributed by atoms with Crippen LogP contribution in [0.1, 0.15) is 52.0 Å². The van der Waals surface area contributed by atoms with E-state index < -0.39 is 0 Å². The molecule has 0 saturated carbocycles. The van der Waals surface area contributed by atoms with Crippen molar-refractivity contribution in [2.24, 2.45) is 0 Å². The number of amides is 1. The van der Waals surface area contributed by atoms with E-state index in [2.05, 4.69) is 29.7 Å². The molecule has 0 fully saturated rings. The number of carbonyl (C=O) groups excluding carboxylic acids is 1. The molecule has 0 saturated heterocycles. The van der Waals surface area contributed by atoms with Crippen molar-refractivity contribution in [3.63, 3.8) is 0 Å². The first kappa shape index (κ1) is 16.7.